The Hall–Kier alpha value is -1.50. The number of rotatable bonds is 6. The second-order valence-corrected chi connectivity index (χ2v) is 5.42. The molecule has 0 spiro atoms. The van der Waals surface area contributed by atoms with Crippen molar-refractivity contribution in [1.29, 1.82) is 0 Å². The van der Waals surface area contributed by atoms with Gasteiger partial charge in [0.25, 0.3) is 0 Å². The lowest BCUT2D eigenvalue weighted by atomic mass is 9.99. The van der Waals surface area contributed by atoms with Crippen LogP contribution in [0, 0.1) is 0 Å². The van der Waals surface area contributed by atoms with Gasteiger partial charge in [0.2, 0.25) is 0 Å². The zero-order valence-electron chi connectivity index (χ0n) is 11.1. The van der Waals surface area contributed by atoms with Crippen molar-refractivity contribution in [3.8, 4) is 5.75 Å². The van der Waals surface area contributed by atoms with Crippen LogP contribution in [-0.4, -0.2) is 6.61 Å². The van der Waals surface area contributed by atoms with E-state index in [2.05, 4.69) is 26.1 Å². The Morgan fingerprint density at radius 3 is 2.43 bits per heavy atom. The van der Waals surface area contributed by atoms with Crippen LogP contribution >= 0.6 is 15.9 Å². The summed E-state index contributed by atoms with van der Waals surface area (Å²) in [6, 6.07) is 14.3. The van der Waals surface area contributed by atoms with E-state index in [1.165, 1.54) is 12.1 Å². The number of nitrogens with two attached hydrogens (primary N) is 1. The minimum atomic E-state index is -2.82. The first-order chi connectivity index (χ1) is 10.1. The van der Waals surface area contributed by atoms with E-state index in [1.807, 2.05) is 24.3 Å². The van der Waals surface area contributed by atoms with Crippen molar-refractivity contribution >= 4 is 15.9 Å². The molecule has 0 aliphatic heterocycles. The molecule has 21 heavy (non-hydrogen) atoms. The maximum atomic E-state index is 12.1. The molecule has 3 nitrogen and oxygen atoms in total. The Bertz CT molecular complexity index is 578. The normalized spacial score (nSPS) is 12.4. The van der Waals surface area contributed by atoms with Gasteiger partial charge >= 0.3 is 6.61 Å². The molecule has 2 rings (SSSR count). The van der Waals surface area contributed by atoms with Gasteiger partial charge in [-0.3, -0.25) is 11.3 Å². The molecule has 0 saturated heterocycles. The number of hydrogen-bond donors (Lipinski definition) is 2. The van der Waals surface area contributed by atoms with Crippen molar-refractivity contribution in [2.75, 3.05) is 0 Å². The number of halogens is 3. The molecule has 1 atom stereocenters. The Morgan fingerprint density at radius 1 is 1.14 bits per heavy atom. The quantitative estimate of drug-likeness (QED) is 0.611. The van der Waals surface area contributed by atoms with Crippen molar-refractivity contribution in [1.82, 2.24) is 5.43 Å². The fraction of sp³-hybridized carbons (Fsp3) is 0.200. The van der Waals surface area contributed by atoms with Crippen molar-refractivity contribution in [2.45, 2.75) is 19.1 Å². The van der Waals surface area contributed by atoms with E-state index >= 15 is 0 Å². The zero-order valence-corrected chi connectivity index (χ0v) is 12.7. The van der Waals surface area contributed by atoms with E-state index < -0.39 is 6.61 Å². The average Bonchev–Trinajstić information content (AvgIpc) is 2.45. The maximum absolute atomic E-state index is 12.1. The third-order valence-electron chi connectivity index (χ3n) is 3.04. The largest absolute Gasteiger partial charge is 0.435 e. The van der Waals surface area contributed by atoms with Crippen LogP contribution in [0.2, 0.25) is 0 Å². The highest BCUT2D eigenvalue weighted by Gasteiger charge is 2.12. The minimum absolute atomic E-state index is 0.111. The molecular formula is C15H15BrF2N2O. The first-order valence-corrected chi connectivity index (χ1v) is 7.13. The number of hydrazine groups is 1. The number of hydrogen-bond acceptors (Lipinski definition) is 3. The molecule has 1 unspecified atom stereocenters. The molecule has 0 aliphatic rings. The molecule has 0 bridgehead atoms. The van der Waals surface area contributed by atoms with Crippen LogP contribution in [0.25, 0.3) is 0 Å². The molecule has 0 aromatic heterocycles. The Kier molecular flexibility index (Phi) is 5.67. The van der Waals surface area contributed by atoms with Crippen molar-refractivity contribution in [3.05, 3.63) is 64.1 Å². The molecule has 0 heterocycles. The van der Waals surface area contributed by atoms with Crippen LogP contribution < -0.4 is 16.0 Å². The first-order valence-electron chi connectivity index (χ1n) is 6.34. The molecular weight excluding hydrogens is 342 g/mol. The summed E-state index contributed by atoms with van der Waals surface area (Å²) in [5, 5.41) is 0. The summed E-state index contributed by atoms with van der Waals surface area (Å²) >= 11 is 3.42. The smallest absolute Gasteiger partial charge is 0.387 e. The molecule has 2 aromatic rings. The summed E-state index contributed by atoms with van der Waals surface area (Å²) < 4.78 is 29.5. The van der Waals surface area contributed by atoms with E-state index in [0.717, 1.165) is 15.6 Å². The zero-order chi connectivity index (χ0) is 15.2. The lowest BCUT2D eigenvalue weighted by Gasteiger charge is -2.17. The number of ether oxygens (including phenoxy) is 1. The van der Waals surface area contributed by atoms with E-state index in [9.17, 15) is 8.78 Å². The summed E-state index contributed by atoms with van der Waals surface area (Å²) in [6.07, 6.45) is 0.686. The number of alkyl halides is 2. The van der Waals surface area contributed by atoms with Crippen LogP contribution in [0.1, 0.15) is 17.2 Å². The van der Waals surface area contributed by atoms with Crippen LogP contribution in [0.4, 0.5) is 8.78 Å². The Morgan fingerprint density at radius 2 is 1.86 bits per heavy atom. The van der Waals surface area contributed by atoms with E-state index in [1.54, 1.807) is 12.1 Å². The van der Waals surface area contributed by atoms with Crippen LogP contribution in [0.5, 0.6) is 5.75 Å². The summed E-state index contributed by atoms with van der Waals surface area (Å²) in [5.74, 6) is 5.73. The van der Waals surface area contributed by atoms with Crippen LogP contribution in [-0.2, 0) is 6.42 Å². The fourth-order valence-electron chi connectivity index (χ4n) is 2.05. The Balaban J connectivity index is 2.10. The monoisotopic (exact) mass is 356 g/mol. The third kappa shape index (κ3) is 4.77. The van der Waals surface area contributed by atoms with Gasteiger partial charge in [0, 0.05) is 10.5 Å². The lowest BCUT2D eigenvalue weighted by Crippen LogP contribution is -2.29. The van der Waals surface area contributed by atoms with E-state index in [-0.39, 0.29) is 11.8 Å². The highest BCUT2D eigenvalue weighted by Crippen LogP contribution is 2.23. The van der Waals surface area contributed by atoms with Crippen molar-refractivity contribution in [3.63, 3.8) is 0 Å². The second-order valence-electron chi connectivity index (χ2n) is 4.50. The molecule has 0 aliphatic carbocycles. The first kappa shape index (κ1) is 15.9. The van der Waals surface area contributed by atoms with Crippen molar-refractivity contribution < 1.29 is 13.5 Å². The lowest BCUT2D eigenvalue weighted by molar-refractivity contribution is -0.0498. The molecule has 0 saturated carbocycles. The van der Waals surface area contributed by atoms with Crippen LogP contribution in [0.15, 0.2) is 53.0 Å². The predicted molar refractivity (Wildman–Crippen MR) is 81.0 cm³/mol. The molecule has 112 valence electrons. The summed E-state index contributed by atoms with van der Waals surface area (Å²) in [5.41, 5.74) is 4.76. The number of benzene rings is 2. The summed E-state index contributed by atoms with van der Waals surface area (Å²) in [7, 11) is 0. The Labute approximate surface area is 130 Å². The van der Waals surface area contributed by atoms with Gasteiger partial charge in [0.1, 0.15) is 5.75 Å². The maximum Gasteiger partial charge on any atom is 0.387 e. The van der Waals surface area contributed by atoms with E-state index in [0.29, 0.717) is 6.42 Å². The predicted octanol–water partition coefficient (Wildman–Crippen LogP) is 3.80. The molecule has 2 aromatic carbocycles. The summed E-state index contributed by atoms with van der Waals surface area (Å²) in [6.45, 7) is -2.82. The van der Waals surface area contributed by atoms with Gasteiger partial charge in [-0.2, -0.15) is 8.78 Å². The third-order valence-corrected chi connectivity index (χ3v) is 3.53. The van der Waals surface area contributed by atoms with Gasteiger partial charge in [0.05, 0.1) is 0 Å². The summed E-state index contributed by atoms with van der Waals surface area (Å²) in [4.78, 5) is 0. The second kappa shape index (κ2) is 7.49. The standard InChI is InChI=1S/C15H15BrF2N2O/c16-12-3-1-2-10(8-12)9-14(20-19)11-4-6-13(7-5-11)21-15(17)18/h1-8,14-15,20H,9,19H2. The molecule has 0 radical (unpaired) electrons. The molecule has 3 N–H and O–H groups in total. The van der Waals surface area contributed by atoms with E-state index in [4.69, 9.17) is 5.84 Å². The molecule has 6 heteroatoms. The fourth-order valence-corrected chi connectivity index (χ4v) is 2.50. The average molecular weight is 357 g/mol. The van der Waals surface area contributed by atoms with Crippen molar-refractivity contribution in [2.24, 2.45) is 5.84 Å². The highest BCUT2D eigenvalue weighted by molar-refractivity contribution is 9.10. The molecule has 0 amide bonds. The SMILES string of the molecule is NNC(Cc1cccc(Br)c1)c1ccc(OC(F)F)cc1. The van der Waals surface area contributed by atoms with Gasteiger partial charge in [-0.15, -0.1) is 0 Å². The minimum Gasteiger partial charge on any atom is -0.435 e. The van der Waals surface area contributed by atoms with Gasteiger partial charge in [0.15, 0.2) is 0 Å². The number of nitrogens with one attached hydrogen (secondary N) is 1. The highest BCUT2D eigenvalue weighted by atomic mass is 79.9. The van der Waals surface area contributed by atoms with Gasteiger partial charge in [-0.25, -0.2) is 0 Å². The van der Waals surface area contributed by atoms with Gasteiger partial charge < -0.3 is 4.74 Å². The molecule has 0 fully saturated rings. The van der Waals surface area contributed by atoms with Gasteiger partial charge in [-0.1, -0.05) is 40.2 Å². The van der Waals surface area contributed by atoms with Crippen LogP contribution in [0.3, 0.4) is 0 Å². The topological polar surface area (TPSA) is 47.3 Å². The van der Waals surface area contributed by atoms with Gasteiger partial charge in [-0.05, 0) is 41.8 Å².